The van der Waals surface area contributed by atoms with Crippen molar-refractivity contribution in [1.29, 1.82) is 0 Å². The molecular weight excluding hydrogens is 381 g/mol. The van der Waals surface area contributed by atoms with E-state index in [0.717, 1.165) is 37.9 Å². The number of aromatic nitrogens is 2. The van der Waals surface area contributed by atoms with Crippen molar-refractivity contribution in [2.75, 3.05) is 13.1 Å². The summed E-state index contributed by atoms with van der Waals surface area (Å²) in [5.41, 5.74) is 2.30. The Morgan fingerprint density at radius 3 is 2.63 bits per heavy atom. The van der Waals surface area contributed by atoms with Crippen LogP contribution in [0.2, 0.25) is 0 Å². The number of rotatable bonds is 5. The van der Waals surface area contributed by atoms with Crippen molar-refractivity contribution in [3.63, 3.8) is 0 Å². The van der Waals surface area contributed by atoms with Crippen LogP contribution in [0.1, 0.15) is 47.7 Å². The second-order valence-corrected chi connectivity index (χ2v) is 7.89. The minimum atomic E-state index is -0.491. The molecule has 2 aromatic heterocycles. The normalized spacial score (nSPS) is 15.8. The van der Waals surface area contributed by atoms with Crippen molar-refractivity contribution in [3.8, 4) is 5.75 Å². The number of likely N-dealkylation sites (tertiary alicyclic amines) is 1. The highest BCUT2D eigenvalue weighted by molar-refractivity contribution is 5.41. The van der Waals surface area contributed by atoms with E-state index in [1.165, 1.54) is 12.1 Å². The molecule has 0 bridgehead atoms. The Morgan fingerprint density at radius 1 is 1.13 bits per heavy atom. The summed E-state index contributed by atoms with van der Waals surface area (Å²) in [6.07, 6.45) is 6.59. The molecule has 1 aliphatic rings. The number of nitrogens with zero attached hydrogens (tertiary/aromatic N) is 3. The summed E-state index contributed by atoms with van der Waals surface area (Å²) < 4.78 is 15.7. The quantitative estimate of drug-likeness (QED) is 0.694. The number of hydrogen-bond acceptors (Lipinski definition) is 4. The standard InChI is InChI=1S/C24H26FN3O2/c1-17-13-21(29)22(24(30)28(17)16-18-7-6-10-26-15-18)23(27-11-3-2-4-12-27)19-8-5-9-20(25)14-19/h5-10,13-15,23,29H,2-4,11-12,16H2,1H3/t23-/m1/s1. The fourth-order valence-electron chi connectivity index (χ4n) is 4.31. The fourth-order valence-corrected chi connectivity index (χ4v) is 4.31. The third-order valence-electron chi connectivity index (χ3n) is 5.78. The van der Waals surface area contributed by atoms with Gasteiger partial charge in [0.15, 0.2) is 0 Å². The Labute approximate surface area is 175 Å². The van der Waals surface area contributed by atoms with Gasteiger partial charge in [-0.2, -0.15) is 0 Å². The minimum Gasteiger partial charge on any atom is -0.507 e. The number of benzene rings is 1. The zero-order valence-electron chi connectivity index (χ0n) is 17.1. The molecule has 1 aromatic carbocycles. The number of aryl methyl sites for hydroxylation is 1. The molecule has 1 saturated heterocycles. The molecule has 156 valence electrons. The number of halogens is 1. The molecule has 1 N–H and O–H groups in total. The van der Waals surface area contributed by atoms with E-state index >= 15 is 0 Å². The molecule has 3 aromatic rings. The Bertz CT molecular complexity index is 1080. The lowest BCUT2D eigenvalue weighted by Crippen LogP contribution is -2.39. The van der Waals surface area contributed by atoms with Crippen LogP contribution in [0.15, 0.2) is 59.7 Å². The van der Waals surface area contributed by atoms with Crippen molar-refractivity contribution in [2.45, 2.75) is 38.8 Å². The molecule has 6 heteroatoms. The van der Waals surface area contributed by atoms with Gasteiger partial charge < -0.3 is 9.67 Å². The molecule has 0 unspecified atom stereocenters. The highest BCUT2D eigenvalue weighted by Gasteiger charge is 2.30. The van der Waals surface area contributed by atoms with E-state index in [9.17, 15) is 14.3 Å². The van der Waals surface area contributed by atoms with E-state index in [-0.39, 0.29) is 17.1 Å². The van der Waals surface area contributed by atoms with E-state index in [1.54, 1.807) is 36.0 Å². The van der Waals surface area contributed by atoms with Crippen molar-refractivity contribution in [2.24, 2.45) is 0 Å². The molecule has 0 spiro atoms. The third-order valence-corrected chi connectivity index (χ3v) is 5.78. The van der Waals surface area contributed by atoms with Gasteiger partial charge in [0.25, 0.3) is 5.56 Å². The van der Waals surface area contributed by atoms with Gasteiger partial charge in [0.1, 0.15) is 11.6 Å². The van der Waals surface area contributed by atoms with E-state index in [0.29, 0.717) is 23.4 Å². The summed E-state index contributed by atoms with van der Waals surface area (Å²) >= 11 is 0. The second kappa shape index (κ2) is 8.79. The molecule has 30 heavy (non-hydrogen) atoms. The summed E-state index contributed by atoms with van der Waals surface area (Å²) in [5.74, 6) is -0.392. The van der Waals surface area contributed by atoms with E-state index in [2.05, 4.69) is 9.88 Å². The lowest BCUT2D eigenvalue weighted by Gasteiger charge is -2.35. The second-order valence-electron chi connectivity index (χ2n) is 7.89. The predicted octanol–water partition coefficient (Wildman–Crippen LogP) is 4.02. The Balaban J connectivity index is 1.85. The van der Waals surface area contributed by atoms with Crippen LogP contribution in [0, 0.1) is 12.7 Å². The molecule has 0 amide bonds. The van der Waals surface area contributed by atoms with Crippen molar-refractivity contribution in [1.82, 2.24) is 14.5 Å². The number of piperidine rings is 1. The SMILES string of the molecule is Cc1cc(O)c([C@@H](c2cccc(F)c2)N2CCCCC2)c(=O)n1Cc1cccnc1. The average molecular weight is 407 g/mol. The van der Waals surface area contributed by atoms with Crippen molar-refractivity contribution in [3.05, 3.63) is 93.4 Å². The third kappa shape index (κ3) is 4.14. The van der Waals surface area contributed by atoms with Crippen molar-refractivity contribution >= 4 is 0 Å². The van der Waals surface area contributed by atoms with Gasteiger partial charge in [0, 0.05) is 18.1 Å². The zero-order valence-corrected chi connectivity index (χ0v) is 17.1. The van der Waals surface area contributed by atoms with Gasteiger partial charge in [-0.3, -0.25) is 14.7 Å². The Hall–Kier alpha value is -2.99. The van der Waals surface area contributed by atoms with Crippen LogP contribution < -0.4 is 5.56 Å². The lowest BCUT2D eigenvalue weighted by atomic mass is 9.94. The molecular formula is C24H26FN3O2. The summed E-state index contributed by atoms with van der Waals surface area (Å²) in [6, 6.07) is 11.2. The van der Waals surface area contributed by atoms with Crippen LogP contribution in [-0.2, 0) is 6.54 Å². The first kappa shape index (κ1) is 20.3. The van der Waals surface area contributed by atoms with Gasteiger partial charge in [-0.1, -0.05) is 24.6 Å². The maximum Gasteiger partial charge on any atom is 0.259 e. The topological polar surface area (TPSA) is 58.4 Å². The number of hydrogen-bond donors (Lipinski definition) is 1. The predicted molar refractivity (Wildman–Crippen MR) is 114 cm³/mol. The monoisotopic (exact) mass is 407 g/mol. The molecule has 0 radical (unpaired) electrons. The first-order valence-corrected chi connectivity index (χ1v) is 10.4. The van der Waals surface area contributed by atoms with Gasteiger partial charge in [-0.25, -0.2) is 4.39 Å². The van der Waals surface area contributed by atoms with Gasteiger partial charge in [0.2, 0.25) is 0 Å². The highest BCUT2D eigenvalue weighted by Crippen LogP contribution is 2.34. The molecule has 0 saturated carbocycles. The number of pyridine rings is 2. The zero-order chi connectivity index (χ0) is 21.1. The Morgan fingerprint density at radius 2 is 1.93 bits per heavy atom. The highest BCUT2D eigenvalue weighted by atomic mass is 19.1. The van der Waals surface area contributed by atoms with Gasteiger partial charge in [-0.15, -0.1) is 0 Å². The summed E-state index contributed by atoms with van der Waals surface area (Å²) in [6.45, 7) is 3.77. The molecule has 4 rings (SSSR count). The van der Waals surface area contributed by atoms with Crippen LogP contribution in [0.25, 0.3) is 0 Å². The Kier molecular flexibility index (Phi) is 5.95. The summed E-state index contributed by atoms with van der Waals surface area (Å²) in [7, 11) is 0. The molecule has 1 fully saturated rings. The number of aromatic hydroxyl groups is 1. The van der Waals surface area contributed by atoms with Crippen LogP contribution in [0.5, 0.6) is 5.75 Å². The van der Waals surface area contributed by atoms with Crippen LogP contribution in [-0.4, -0.2) is 32.6 Å². The van der Waals surface area contributed by atoms with E-state index in [4.69, 9.17) is 0 Å². The van der Waals surface area contributed by atoms with Crippen molar-refractivity contribution < 1.29 is 9.50 Å². The van der Waals surface area contributed by atoms with Gasteiger partial charge in [0.05, 0.1) is 18.2 Å². The smallest absolute Gasteiger partial charge is 0.259 e. The lowest BCUT2D eigenvalue weighted by molar-refractivity contribution is 0.183. The van der Waals surface area contributed by atoms with Crippen LogP contribution in [0.4, 0.5) is 4.39 Å². The van der Waals surface area contributed by atoms with Crippen LogP contribution >= 0.6 is 0 Å². The first-order chi connectivity index (χ1) is 14.5. The maximum atomic E-state index is 14.1. The van der Waals surface area contributed by atoms with Crippen LogP contribution in [0.3, 0.4) is 0 Å². The molecule has 5 nitrogen and oxygen atoms in total. The molecule has 3 heterocycles. The molecule has 1 aliphatic heterocycles. The molecule has 1 atom stereocenters. The van der Waals surface area contributed by atoms with Gasteiger partial charge in [-0.05, 0) is 68.2 Å². The molecule has 0 aliphatic carbocycles. The fraction of sp³-hybridized carbons (Fsp3) is 0.333. The summed E-state index contributed by atoms with van der Waals surface area (Å²) in [4.78, 5) is 19.9. The van der Waals surface area contributed by atoms with E-state index in [1.807, 2.05) is 18.2 Å². The van der Waals surface area contributed by atoms with Gasteiger partial charge >= 0.3 is 0 Å². The minimum absolute atomic E-state index is 0.0419. The average Bonchev–Trinajstić information content (AvgIpc) is 2.75. The maximum absolute atomic E-state index is 14.1. The first-order valence-electron chi connectivity index (χ1n) is 10.4. The summed E-state index contributed by atoms with van der Waals surface area (Å²) in [5, 5.41) is 10.8. The largest absolute Gasteiger partial charge is 0.507 e. The van der Waals surface area contributed by atoms with E-state index < -0.39 is 6.04 Å².